The summed E-state index contributed by atoms with van der Waals surface area (Å²) >= 11 is 0. The maximum atomic E-state index is 5.50. The minimum absolute atomic E-state index is 0.542. The molecule has 1 aromatic rings. The lowest BCUT2D eigenvalue weighted by molar-refractivity contribution is 1.02. The second-order valence-corrected chi connectivity index (χ2v) is 2.42. The van der Waals surface area contributed by atoms with Crippen molar-refractivity contribution in [2.45, 2.75) is 13.5 Å². The predicted octanol–water partition coefficient (Wildman–Crippen LogP) is 1.49. The van der Waals surface area contributed by atoms with E-state index in [1.807, 2.05) is 6.92 Å². The molecule has 2 N–H and O–H groups in total. The van der Waals surface area contributed by atoms with Gasteiger partial charge < -0.3 is 5.73 Å². The maximum Gasteiger partial charge on any atom is 0.0342 e. The topological polar surface area (TPSA) is 38.9 Å². The van der Waals surface area contributed by atoms with E-state index < -0.39 is 0 Å². The van der Waals surface area contributed by atoms with Gasteiger partial charge in [-0.25, -0.2) is 0 Å². The van der Waals surface area contributed by atoms with Crippen molar-refractivity contribution in [2.24, 2.45) is 5.73 Å². The first-order valence-corrected chi connectivity index (χ1v) is 3.55. The molecule has 0 aliphatic rings. The summed E-state index contributed by atoms with van der Waals surface area (Å²) in [5.41, 5.74) is 8.83. The van der Waals surface area contributed by atoms with Crippen LogP contribution in [0.3, 0.4) is 0 Å². The van der Waals surface area contributed by atoms with Crippen LogP contribution < -0.4 is 5.73 Å². The Bertz CT molecular complexity index is 266. The third-order valence-electron chi connectivity index (χ3n) is 1.80. The predicted molar refractivity (Wildman–Crippen MR) is 47.0 cm³/mol. The van der Waals surface area contributed by atoms with Crippen molar-refractivity contribution in [1.82, 2.24) is 4.98 Å². The van der Waals surface area contributed by atoms with Crippen molar-refractivity contribution in [2.75, 3.05) is 0 Å². The fourth-order valence-electron chi connectivity index (χ4n) is 0.998. The van der Waals surface area contributed by atoms with Crippen LogP contribution in [0.2, 0.25) is 0 Å². The molecule has 11 heavy (non-hydrogen) atoms. The highest BCUT2D eigenvalue weighted by Gasteiger charge is 1.98. The van der Waals surface area contributed by atoms with E-state index in [1.54, 1.807) is 18.5 Å². The zero-order valence-electron chi connectivity index (χ0n) is 6.67. The van der Waals surface area contributed by atoms with E-state index in [0.29, 0.717) is 6.54 Å². The van der Waals surface area contributed by atoms with Crippen LogP contribution in [0, 0.1) is 6.92 Å². The van der Waals surface area contributed by atoms with Crippen molar-refractivity contribution in [3.63, 3.8) is 0 Å². The number of nitrogens with two attached hydrogens (primary N) is 1. The minimum Gasteiger partial charge on any atom is -0.326 e. The molecule has 2 heteroatoms. The van der Waals surface area contributed by atoms with Gasteiger partial charge in [-0.1, -0.05) is 12.7 Å². The van der Waals surface area contributed by atoms with Crippen molar-refractivity contribution in [1.29, 1.82) is 0 Å². The maximum absolute atomic E-state index is 5.50. The average molecular weight is 148 g/mol. The lowest BCUT2D eigenvalue weighted by atomic mass is 10.1. The summed E-state index contributed by atoms with van der Waals surface area (Å²) in [6.07, 6.45) is 5.38. The highest BCUT2D eigenvalue weighted by Crippen LogP contribution is 2.11. The fraction of sp³-hybridized carbons (Fsp3) is 0.222. The molecular weight excluding hydrogens is 136 g/mol. The Morgan fingerprint density at radius 3 is 2.91 bits per heavy atom. The molecule has 0 saturated carbocycles. The van der Waals surface area contributed by atoms with Crippen LogP contribution in [-0.4, -0.2) is 4.98 Å². The SMILES string of the molecule is C=Cc1cncc(CN)c1C. The Balaban J connectivity index is 3.20. The van der Waals surface area contributed by atoms with Crippen LogP contribution in [0.4, 0.5) is 0 Å². The third-order valence-corrected chi connectivity index (χ3v) is 1.80. The van der Waals surface area contributed by atoms with Crippen molar-refractivity contribution in [3.8, 4) is 0 Å². The fourth-order valence-corrected chi connectivity index (χ4v) is 0.998. The Morgan fingerprint density at radius 2 is 2.36 bits per heavy atom. The highest BCUT2D eigenvalue weighted by molar-refractivity contribution is 5.51. The molecule has 1 aromatic heterocycles. The second-order valence-electron chi connectivity index (χ2n) is 2.42. The molecular formula is C9H12N2. The molecule has 0 saturated heterocycles. The molecule has 0 aromatic carbocycles. The number of hydrogen-bond donors (Lipinski definition) is 1. The third kappa shape index (κ3) is 1.46. The van der Waals surface area contributed by atoms with Crippen LogP contribution in [0.15, 0.2) is 19.0 Å². The largest absolute Gasteiger partial charge is 0.326 e. The number of rotatable bonds is 2. The Hall–Kier alpha value is -1.15. The lowest BCUT2D eigenvalue weighted by Gasteiger charge is -2.04. The van der Waals surface area contributed by atoms with Gasteiger partial charge in [-0.05, 0) is 23.6 Å². The molecule has 0 unspecified atom stereocenters. The second kappa shape index (κ2) is 3.30. The lowest BCUT2D eigenvalue weighted by Crippen LogP contribution is -2.00. The number of hydrogen-bond acceptors (Lipinski definition) is 2. The van der Waals surface area contributed by atoms with Crippen molar-refractivity contribution >= 4 is 6.08 Å². The van der Waals surface area contributed by atoms with Gasteiger partial charge in [-0.2, -0.15) is 0 Å². The summed E-state index contributed by atoms with van der Waals surface area (Å²) < 4.78 is 0. The van der Waals surface area contributed by atoms with Crippen LogP contribution in [0.5, 0.6) is 0 Å². The first kappa shape index (κ1) is 7.95. The first-order valence-electron chi connectivity index (χ1n) is 3.55. The Labute approximate surface area is 66.8 Å². The normalized spacial score (nSPS) is 9.64. The molecule has 0 spiro atoms. The van der Waals surface area contributed by atoms with E-state index in [1.165, 1.54) is 5.56 Å². The van der Waals surface area contributed by atoms with Gasteiger partial charge >= 0.3 is 0 Å². The van der Waals surface area contributed by atoms with Crippen molar-refractivity contribution in [3.05, 3.63) is 35.7 Å². The summed E-state index contributed by atoms with van der Waals surface area (Å²) in [5.74, 6) is 0. The molecule has 2 nitrogen and oxygen atoms in total. The van der Waals surface area contributed by atoms with Crippen LogP contribution in [0.25, 0.3) is 6.08 Å². The first-order chi connectivity index (χ1) is 5.29. The molecule has 0 amide bonds. The summed E-state index contributed by atoms with van der Waals surface area (Å²) in [6, 6.07) is 0. The molecule has 1 rings (SSSR count). The molecule has 0 radical (unpaired) electrons. The molecule has 58 valence electrons. The van der Waals surface area contributed by atoms with Gasteiger partial charge in [0.25, 0.3) is 0 Å². The van der Waals surface area contributed by atoms with E-state index in [9.17, 15) is 0 Å². The van der Waals surface area contributed by atoms with Gasteiger partial charge in [0.1, 0.15) is 0 Å². The van der Waals surface area contributed by atoms with E-state index in [0.717, 1.165) is 11.1 Å². The van der Waals surface area contributed by atoms with Gasteiger partial charge in [0.05, 0.1) is 0 Å². The Morgan fingerprint density at radius 1 is 1.64 bits per heavy atom. The molecule has 0 bridgehead atoms. The zero-order chi connectivity index (χ0) is 8.27. The molecule has 0 aliphatic heterocycles. The van der Waals surface area contributed by atoms with Crippen LogP contribution in [-0.2, 0) is 6.54 Å². The van der Waals surface area contributed by atoms with E-state index >= 15 is 0 Å². The zero-order valence-corrected chi connectivity index (χ0v) is 6.67. The summed E-state index contributed by atoms with van der Waals surface area (Å²) in [5, 5.41) is 0. The number of aromatic nitrogens is 1. The highest BCUT2D eigenvalue weighted by atomic mass is 14.6. The Kier molecular flexibility index (Phi) is 2.39. The average Bonchev–Trinajstić information content (AvgIpc) is 2.05. The van der Waals surface area contributed by atoms with E-state index in [4.69, 9.17) is 5.73 Å². The molecule has 0 atom stereocenters. The number of pyridine rings is 1. The summed E-state index contributed by atoms with van der Waals surface area (Å²) in [6.45, 7) is 6.26. The summed E-state index contributed by atoms with van der Waals surface area (Å²) in [7, 11) is 0. The van der Waals surface area contributed by atoms with E-state index in [2.05, 4.69) is 11.6 Å². The quantitative estimate of drug-likeness (QED) is 0.690. The monoisotopic (exact) mass is 148 g/mol. The van der Waals surface area contributed by atoms with E-state index in [-0.39, 0.29) is 0 Å². The smallest absolute Gasteiger partial charge is 0.0342 e. The molecule has 0 aliphatic carbocycles. The summed E-state index contributed by atoms with van der Waals surface area (Å²) in [4.78, 5) is 4.04. The van der Waals surface area contributed by atoms with Gasteiger partial charge in [-0.15, -0.1) is 0 Å². The number of nitrogens with zero attached hydrogens (tertiary/aromatic N) is 1. The van der Waals surface area contributed by atoms with Gasteiger partial charge in [0.15, 0.2) is 0 Å². The van der Waals surface area contributed by atoms with Gasteiger partial charge in [0, 0.05) is 18.9 Å². The van der Waals surface area contributed by atoms with Gasteiger partial charge in [-0.3, -0.25) is 4.98 Å². The van der Waals surface area contributed by atoms with Crippen molar-refractivity contribution < 1.29 is 0 Å². The van der Waals surface area contributed by atoms with Crippen LogP contribution in [0.1, 0.15) is 16.7 Å². The minimum atomic E-state index is 0.542. The standard InChI is InChI=1S/C9H12N2/c1-3-8-5-11-6-9(4-10)7(8)2/h3,5-6H,1,4,10H2,2H3. The molecule has 1 heterocycles. The molecule has 0 fully saturated rings. The van der Waals surface area contributed by atoms with Gasteiger partial charge in [0.2, 0.25) is 0 Å². The van der Waals surface area contributed by atoms with Crippen LogP contribution >= 0.6 is 0 Å².